The minimum atomic E-state index is 0.507. The van der Waals surface area contributed by atoms with Gasteiger partial charge in [-0.15, -0.1) is 0 Å². The SMILES string of the molecule is CCC1(CNC2(C)CC2)CCNCC1. The van der Waals surface area contributed by atoms with Crippen molar-refractivity contribution in [3.05, 3.63) is 0 Å². The van der Waals surface area contributed by atoms with Crippen LogP contribution in [0.1, 0.15) is 46.0 Å². The van der Waals surface area contributed by atoms with Crippen molar-refractivity contribution in [2.45, 2.75) is 51.5 Å². The van der Waals surface area contributed by atoms with Gasteiger partial charge in [0, 0.05) is 12.1 Å². The van der Waals surface area contributed by atoms with E-state index in [0.29, 0.717) is 11.0 Å². The molecule has 0 unspecified atom stereocenters. The molecule has 0 bridgehead atoms. The summed E-state index contributed by atoms with van der Waals surface area (Å²) in [6.45, 7) is 8.37. The van der Waals surface area contributed by atoms with E-state index in [2.05, 4.69) is 24.5 Å². The fourth-order valence-corrected chi connectivity index (χ4v) is 2.38. The van der Waals surface area contributed by atoms with Crippen LogP contribution in [0.2, 0.25) is 0 Å². The molecule has 2 nitrogen and oxygen atoms in total. The van der Waals surface area contributed by atoms with Crippen molar-refractivity contribution >= 4 is 0 Å². The number of piperidine rings is 1. The standard InChI is InChI=1S/C12H24N2/c1-3-12(6-8-13-9-7-12)10-14-11(2)4-5-11/h13-14H,3-10H2,1-2H3. The van der Waals surface area contributed by atoms with Crippen LogP contribution in [0.4, 0.5) is 0 Å². The fourth-order valence-electron chi connectivity index (χ4n) is 2.38. The second-order valence-electron chi connectivity index (χ2n) is 5.52. The van der Waals surface area contributed by atoms with Crippen LogP contribution in [0.15, 0.2) is 0 Å². The summed E-state index contributed by atoms with van der Waals surface area (Å²) in [7, 11) is 0. The lowest BCUT2D eigenvalue weighted by molar-refractivity contribution is 0.178. The predicted molar refractivity (Wildman–Crippen MR) is 60.5 cm³/mol. The minimum absolute atomic E-state index is 0.507. The van der Waals surface area contributed by atoms with Gasteiger partial charge >= 0.3 is 0 Å². The van der Waals surface area contributed by atoms with Gasteiger partial charge in [0.15, 0.2) is 0 Å². The Kier molecular flexibility index (Phi) is 2.85. The average Bonchev–Trinajstić information content (AvgIpc) is 2.96. The van der Waals surface area contributed by atoms with E-state index in [1.165, 1.54) is 51.7 Å². The second-order valence-corrected chi connectivity index (χ2v) is 5.52. The van der Waals surface area contributed by atoms with E-state index in [9.17, 15) is 0 Å². The topological polar surface area (TPSA) is 24.1 Å². The maximum Gasteiger partial charge on any atom is 0.0154 e. The monoisotopic (exact) mass is 196 g/mol. The maximum absolute atomic E-state index is 3.77. The Balaban J connectivity index is 1.84. The molecule has 2 fully saturated rings. The van der Waals surface area contributed by atoms with Crippen molar-refractivity contribution in [1.82, 2.24) is 10.6 Å². The molecular weight excluding hydrogens is 172 g/mol. The van der Waals surface area contributed by atoms with Crippen LogP contribution in [0.3, 0.4) is 0 Å². The van der Waals surface area contributed by atoms with Gasteiger partial charge < -0.3 is 10.6 Å². The lowest BCUT2D eigenvalue weighted by Crippen LogP contribution is -2.45. The Morgan fingerprint density at radius 2 is 1.79 bits per heavy atom. The first kappa shape index (κ1) is 10.4. The maximum atomic E-state index is 3.77. The molecule has 2 N–H and O–H groups in total. The van der Waals surface area contributed by atoms with E-state index in [1.54, 1.807) is 0 Å². The minimum Gasteiger partial charge on any atom is -0.317 e. The van der Waals surface area contributed by atoms with Gasteiger partial charge in [-0.3, -0.25) is 0 Å². The van der Waals surface area contributed by atoms with Crippen molar-refractivity contribution in [3.8, 4) is 0 Å². The molecule has 0 spiro atoms. The Morgan fingerprint density at radius 1 is 1.14 bits per heavy atom. The highest BCUT2D eigenvalue weighted by molar-refractivity contribution is 4.99. The van der Waals surface area contributed by atoms with Gasteiger partial charge in [-0.25, -0.2) is 0 Å². The molecule has 2 heteroatoms. The zero-order chi connectivity index (χ0) is 10.1. The molecule has 0 aromatic heterocycles. The van der Waals surface area contributed by atoms with Crippen LogP contribution < -0.4 is 10.6 Å². The summed E-state index contributed by atoms with van der Waals surface area (Å²) in [4.78, 5) is 0. The third-order valence-electron chi connectivity index (χ3n) is 4.30. The zero-order valence-corrected chi connectivity index (χ0v) is 9.66. The normalized spacial score (nSPS) is 28.7. The molecular formula is C12H24N2. The van der Waals surface area contributed by atoms with Gasteiger partial charge in [0.05, 0.1) is 0 Å². The van der Waals surface area contributed by atoms with E-state index in [1.807, 2.05) is 0 Å². The number of rotatable bonds is 4. The molecule has 0 atom stereocenters. The highest BCUT2D eigenvalue weighted by Crippen LogP contribution is 2.37. The summed E-state index contributed by atoms with van der Waals surface area (Å²) in [5.41, 5.74) is 1.10. The van der Waals surface area contributed by atoms with Crippen LogP contribution in [0, 0.1) is 5.41 Å². The van der Waals surface area contributed by atoms with Gasteiger partial charge in [-0.05, 0) is 57.5 Å². The van der Waals surface area contributed by atoms with Gasteiger partial charge in [0.1, 0.15) is 0 Å². The molecule has 1 saturated heterocycles. The zero-order valence-electron chi connectivity index (χ0n) is 9.66. The molecule has 14 heavy (non-hydrogen) atoms. The fraction of sp³-hybridized carbons (Fsp3) is 1.00. The van der Waals surface area contributed by atoms with Crippen LogP contribution in [-0.2, 0) is 0 Å². The van der Waals surface area contributed by atoms with Crippen molar-refractivity contribution in [1.29, 1.82) is 0 Å². The molecule has 82 valence electrons. The summed E-state index contributed by atoms with van der Waals surface area (Å²) in [5, 5.41) is 7.23. The van der Waals surface area contributed by atoms with Crippen LogP contribution in [-0.4, -0.2) is 25.2 Å². The molecule has 0 radical (unpaired) electrons. The molecule has 0 amide bonds. The molecule has 2 rings (SSSR count). The van der Waals surface area contributed by atoms with E-state index < -0.39 is 0 Å². The molecule has 1 aliphatic carbocycles. The summed E-state index contributed by atoms with van der Waals surface area (Å²) >= 11 is 0. The molecule has 1 aliphatic heterocycles. The lowest BCUT2D eigenvalue weighted by atomic mass is 9.76. The molecule has 1 saturated carbocycles. The Morgan fingerprint density at radius 3 is 2.29 bits per heavy atom. The van der Waals surface area contributed by atoms with Gasteiger partial charge in [-0.2, -0.15) is 0 Å². The Bertz CT molecular complexity index is 190. The molecule has 0 aromatic rings. The summed E-state index contributed by atoms with van der Waals surface area (Å²) in [5.74, 6) is 0. The quantitative estimate of drug-likeness (QED) is 0.717. The van der Waals surface area contributed by atoms with Gasteiger partial charge in [0.25, 0.3) is 0 Å². The van der Waals surface area contributed by atoms with Crippen LogP contribution in [0.5, 0.6) is 0 Å². The highest BCUT2D eigenvalue weighted by atomic mass is 15.0. The first-order chi connectivity index (χ1) is 6.68. The highest BCUT2D eigenvalue weighted by Gasteiger charge is 2.39. The van der Waals surface area contributed by atoms with E-state index in [0.717, 1.165) is 0 Å². The van der Waals surface area contributed by atoms with Gasteiger partial charge in [0.2, 0.25) is 0 Å². The Labute approximate surface area is 87.8 Å². The number of hydrogen-bond acceptors (Lipinski definition) is 2. The first-order valence-electron chi connectivity index (χ1n) is 6.14. The molecule has 1 heterocycles. The summed E-state index contributed by atoms with van der Waals surface area (Å²) in [6, 6.07) is 0. The molecule has 0 aromatic carbocycles. The Hall–Kier alpha value is -0.0800. The lowest BCUT2D eigenvalue weighted by Gasteiger charge is -2.38. The number of hydrogen-bond donors (Lipinski definition) is 2. The second kappa shape index (κ2) is 3.82. The summed E-state index contributed by atoms with van der Waals surface area (Å²) in [6.07, 6.45) is 6.80. The van der Waals surface area contributed by atoms with E-state index >= 15 is 0 Å². The predicted octanol–water partition coefficient (Wildman–Crippen LogP) is 1.91. The summed E-state index contributed by atoms with van der Waals surface area (Å²) < 4.78 is 0. The van der Waals surface area contributed by atoms with Crippen LogP contribution >= 0.6 is 0 Å². The van der Waals surface area contributed by atoms with E-state index in [-0.39, 0.29) is 0 Å². The average molecular weight is 196 g/mol. The molecule has 2 aliphatic rings. The smallest absolute Gasteiger partial charge is 0.0154 e. The van der Waals surface area contributed by atoms with Crippen molar-refractivity contribution in [2.75, 3.05) is 19.6 Å². The van der Waals surface area contributed by atoms with Crippen LogP contribution in [0.25, 0.3) is 0 Å². The van der Waals surface area contributed by atoms with Gasteiger partial charge in [-0.1, -0.05) is 6.92 Å². The van der Waals surface area contributed by atoms with Crippen molar-refractivity contribution in [2.24, 2.45) is 5.41 Å². The first-order valence-corrected chi connectivity index (χ1v) is 6.14. The number of nitrogens with one attached hydrogen (secondary N) is 2. The van der Waals surface area contributed by atoms with Crippen molar-refractivity contribution in [3.63, 3.8) is 0 Å². The third kappa shape index (κ3) is 2.29. The van der Waals surface area contributed by atoms with E-state index in [4.69, 9.17) is 0 Å². The third-order valence-corrected chi connectivity index (χ3v) is 4.30. The largest absolute Gasteiger partial charge is 0.317 e. The van der Waals surface area contributed by atoms with Crippen molar-refractivity contribution < 1.29 is 0 Å².